The minimum absolute atomic E-state index is 0.0578. The molecule has 0 radical (unpaired) electrons. The third-order valence-corrected chi connectivity index (χ3v) is 5.52. The number of fused-ring (bicyclic) bond motifs is 1. The number of anilines is 3. The number of rotatable bonds is 8. The van der Waals surface area contributed by atoms with Crippen LogP contribution in [0.3, 0.4) is 0 Å². The average molecular weight is 550 g/mol. The number of carbonyl (C=O) groups is 3. The molecule has 2 aromatic heterocycles. The van der Waals surface area contributed by atoms with Gasteiger partial charge < -0.3 is 20.4 Å². The molecule has 0 aliphatic rings. The number of aromatic carboxylic acids is 1. The highest BCUT2D eigenvalue weighted by Crippen LogP contribution is 2.31. The van der Waals surface area contributed by atoms with Gasteiger partial charge in [0.15, 0.2) is 11.5 Å². The highest BCUT2D eigenvalue weighted by atomic mass is 35.5. The zero-order chi connectivity index (χ0) is 27.4. The van der Waals surface area contributed by atoms with Crippen LogP contribution in [0.1, 0.15) is 29.2 Å². The highest BCUT2D eigenvalue weighted by molar-refractivity contribution is 6.30. The fraction of sp³-hybridized carbons (Fsp3) is 0.174. The summed E-state index contributed by atoms with van der Waals surface area (Å²) < 4.78 is 41.2. The van der Waals surface area contributed by atoms with Gasteiger partial charge in [-0.1, -0.05) is 11.6 Å². The number of imidazole rings is 2. The van der Waals surface area contributed by atoms with Crippen molar-refractivity contribution in [2.75, 3.05) is 15.5 Å². The van der Waals surface area contributed by atoms with Gasteiger partial charge in [0.1, 0.15) is 5.82 Å². The van der Waals surface area contributed by atoms with Crippen molar-refractivity contribution in [1.29, 1.82) is 0 Å². The maximum Gasteiger partial charge on any atom is 0.491 e. The summed E-state index contributed by atoms with van der Waals surface area (Å²) in [5.74, 6) is -2.86. The summed E-state index contributed by atoms with van der Waals surface area (Å²) in [5.41, 5.74) is 0.369. The van der Waals surface area contributed by atoms with Crippen LogP contribution < -0.4 is 15.5 Å². The number of aryl methyl sites for hydroxylation is 1. The number of H-pyrrole nitrogens is 2. The monoisotopic (exact) mass is 549 g/mol. The van der Waals surface area contributed by atoms with Gasteiger partial charge in [0.2, 0.25) is 5.91 Å². The third kappa shape index (κ3) is 6.21. The maximum absolute atomic E-state index is 13.7. The van der Waals surface area contributed by atoms with Crippen molar-refractivity contribution in [2.24, 2.45) is 0 Å². The van der Waals surface area contributed by atoms with Crippen molar-refractivity contribution in [3.8, 4) is 0 Å². The molecule has 2 heterocycles. The molecule has 2 aromatic carbocycles. The molecule has 5 N–H and O–H groups in total. The van der Waals surface area contributed by atoms with E-state index in [1.807, 2.05) is 0 Å². The topological polar surface area (TPSA) is 156 Å². The van der Waals surface area contributed by atoms with Gasteiger partial charge in [-0.2, -0.15) is 0 Å². The molecular weight excluding hydrogens is 531 g/mol. The fourth-order valence-electron chi connectivity index (χ4n) is 3.60. The normalized spacial score (nSPS) is 11.4. The molecule has 11 nitrogen and oxygen atoms in total. The predicted molar refractivity (Wildman–Crippen MR) is 132 cm³/mol. The molecule has 4 aromatic rings. The number of hydrogen-bond acceptors (Lipinski definition) is 5. The van der Waals surface area contributed by atoms with Gasteiger partial charge >= 0.3 is 18.3 Å². The van der Waals surface area contributed by atoms with Crippen molar-refractivity contribution in [3.63, 3.8) is 0 Å². The third-order valence-electron chi connectivity index (χ3n) is 5.27. The quantitative estimate of drug-likeness (QED) is 0.191. The molecule has 0 fully saturated rings. The number of carboxylic acid groups (broad SMARTS) is 1. The second kappa shape index (κ2) is 10.8. The second-order valence-corrected chi connectivity index (χ2v) is 8.39. The number of nitrogens with zero attached hydrogens (tertiary/aromatic N) is 3. The number of alkyl halides is 3. The summed E-state index contributed by atoms with van der Waals surface area (Å²) in [4.78, 5) is 49.3. The minimum atomic E-state index is -4.97. The van der Waals surface area contributed by atoms with Crippen LogP contribution in [0.4, 0.5) is 35.2 Å². The van der Waals surface area contributed by atoms with Crippen LogP contribution in [0.5, 0.6) is 0 Å². The Kier molecular flexibility index (Phi) is 7.52. The summed E-state index contributed by atoms with van der Waals surface area (Å²) in [6, 6.07) is 9.06. The van der Waals surface area contributed by atoms with E-state index in [9.17, 15) is 32.7 Å². The van der Waals surface area contributed by atoms with E-state index >= 15 is 0 Å². The first kappa shape index (κ1) is 26.5. The van der Waals surface area contributed by atoms with Crippen LogP contribution in [0.25, 0.3) is 11.0 Å². The van der Waals surface area contributed by atoms with Crippen molar-refractivity contribution in [3.05, 3.63) is 65.3 Å². The lowest BCUT2D eigenvalue weighted by molar-refractivity contribution is -0.150. The van der Waals surface area contributed by atoms with E-state index in [1.54, 1.807) is 12.1 Å². The molecule has 0 aliphatic heterocycles. The lowest BCUT2D eigenvalue weighted by Crippen LogP contribution is -2.43. The van der Waals surface area contributed by atoms with Crippen molar-refractivity contribution >= 4 is 57.7 Å². The first-order valence-electron chi connectivity index (χ1n) is 11.0. The Morgan fingerprint density at radius 1 is 1.08 bits per heavy atom. The molecule has 198 valence electrons. The number of carboxylic acids is 1. The molecule has 0 spiro atoms. The first-order valence-corrected chi connectivity index (χ1v) is 11.4. The summed E-state index contributed by atoms with van der Waals surface area (Å²) in [7, 11) is 0. The molecule has 0 unspecified atom stereocenters. The van der Waals surface area contributed by atoms with Gasteiger partial charge in [-0.05, 0) is 48.9 Å². The Morgan fingerprint density at radius 3 is 2.50 bits per heavy atom. The lowest BCUT2D eigenvalue weighted by atomic mass is 10.2. The van der Waals surface area contributed by atoms with Gasteiger partial charge in [0.05, 0.1) is 23.0 Å². The van der Waals surface area contributed by atoms with Gasteiger partial charge in [0.25, 0.3) is 0 Å². The number of aromatic nitrogens is 4. The number of benzene rings is 2. The first-order chi connectivity index (χ1) is 18.0. The Labute approximate surface area is 217 Å². The molecular formula is C23H19ClF3N7O4. The van der Waals surface area contributed by atoms with E-state index in [1.165, 1.54) is 30.6 Å². The summed E-state index contributed by atoms with van der Waals surface area (Å²) in [5, 5.41) is 14.7. The molecule has 0 bridgehead atoms. The van der Waals surface area contributed by atoms with Crippen LogP contribution in [0.15, 0.2) is 48.8 Å². The van der Waals surface area contributed by atoms with Crippen LogP contribution >= 0.6 is 11.6 Å². The summed E-state index contributed by atoms with van der Waals surface area (Å²) in [6.45, 7) is 0. The molecule has 38 heavy (non-hydrogen) atoms. The summed E-state index contributed by atoms with van der Waals surface area (Å²) in [6.07, 6.45) is -4.30. The smallest absolute Gasteiger partial charge is 0.476 e. The van der Waals surface area contributed by atoms with Crippen LogP contribution in [0.2, 0.25) is 5.02 Å². The maximum atomic E-state index is 13.7. The molecule has 0 atom stereocenters. The molecule has 0 saturated heterocycles. The molecule has 4 rings (SSSR count). The summed E-state index contributed by atoms with van der Waals surface area (Å²) >= 11 is 5.79. The van der Waals surface area contributed by atoms with Crippen LogP contribution in [-0.4, -0.2) is 49.3 Å². The molecule has 15 heteroatoms. The van der Waals surface area contributed by atoms with Gasteiger partial charge in [0, 0.05) is 23.6 Å². The number of halogens is 4. The molecule has 0 saturated carbocycles. The van der Waals surface area contributed by atoms with Crippen LogP contribution in [-0.2, 0) is 11.2 Å². The zero-order valence-electron chi connectivity index (χ0n) is 19.3. The van der Waals surface area contributed by atoms with E-state index in [0.29, 0.717) is 21.7 Å². The van der Waals surface area contributed by atoms with Crippen molar-refractivity contribution in [1.82, 2.24) is 19.9 Å². The number of nitrogens with one attached hydrogen (secondary N) is 4. The Hall–Kier alpha value is -4.59. The van der Waals surface area contributed by atoms with E-state index in [-0.39, 0.29) is 35.1 Å². The largest absolute Gasteiger partial charge is 0.491 e. The van der Waals surface area contributed by atoms with Crippen molar-refractivity contribution in [2.45, 2.75) is 25.6 Å². The minimum Gasteiger partial charge on any atom is -0.476 e. The van der Waals surface area contributed by atoms with E-state index < -0.39 is 36.3 Å². The standard InChI is InChI=1S/C23H19ClF3N7O4/c24-12-4-6-13(7-5-12)30-22(38)33-20-19(21(36)37)31-17(32-20)2-1-3-18(35)34(23(25,26)27)14-8-9-15-16(10-14)29-11-28-15/h4-11H,1-3H2,(H,28,29)(H,31,32)(H,36,37)(H2,30,33,38). The van der Waals surface area contributed by atoms with Crippen LogP contribution in [0, 0.1) is 0 Å². The van der Waals surface area contributed by atoms with Gasteiger partial charge in [-0.25, -0.2) is 24.5 Å². The number of aromatic amines is 2. The van der Waals surface area contributed by atoms with E-state index in [0.717, 1.165) is 6.07 Å². The van der Waals surface area contributed by atoms with Gasteiger partial charge in [-0.3, -0.25) is 10.1 Å². The van der Waals surface area contributed by atoms with Gasteiger partial charge in [-0.15, -0.1) is 13.2 Å². The highest BCUT2D eigenvalue weighted by Gasteiger charge is 2.42. The Morgan fingerprint density at radius 2 is 1.82 bits per heavy atom. The Balaban J connectivity index is 1.41. The average Bonchev–Trinajstić information content (AvgIpc) is 3.46. The number of amides is 3. The lowest BCUT2D eigenvalue weighted by Gasteiger charge is -2.25. The van der Waals surface area contributed by atoms with E-state index in [4.69, 9.17) is 11.6 Å². The fourth-order valence-corrected chi connectivity index (χ4v) is 3.73. The van der Waals surface area contributed by atoms with Crippen molar-refractivity contribution < 1.29 is 32.7 Å². The van der Waals surface area contributed by atoms with E-state index in [2.05, 4.69) is 30.6 Å². The molecule has 3 amide bonds. The second-order valence-electron chi connectivity index (χ2n) is 7.95. The predicted octanol–water partition coefficient (Wildman–Crippen LogP) is 5.16. The number of hydrogen-bond donors (Lipinski definition) is 5. The number of urea groups is 1. The molecule has 0 aliphatic carbocycles. The Bertz CT molecular complexity index is 1480. The zero-order valence-corrected chi connectivity index (χ0v) is 20.0. The number of carbonyl (C=O) groups excluding carboxylic acids is 2. The SMILES string of the molecule is O=C(Nc1ccc(Cl)cc1)Nc1nc(CCCC(=O)N(c2ccc3nc[nH]c3c2)C(F)(F)F)[nH]c1C(=O)O.